The van der Waals surface area contributed by atoms with Crippen molar-refractivity contribution in [2.75, 3.05) is 38.9 Å². The Morgan fingerprint density at radius 3 is 2.66 bits per heavy atom. The summed E-state index contributed by atoms with van der Waals surface area (Å²) in [5.41, 5.74) is 0.733. The summed E-state index contributed by atoms with van der Waals surface area (Å²) in [5.74, 6) is -0.0609. The van der Waals surface area contributed by atoms with Crippen molar-refractivity contribution in [2.45, 2.75) is 6.42 Å². The predicted octanol–water partition coefficient (Wildman–Crippen LogP) is 2.25. The molecule has 1 aliphatic heterocycles. The van der Waals surface area contributed by atoms with Gasteiger partial charge in [-0.1, -0.05) is 12.1 Å². The van der Waals surface area contributed by atoms with Crippen LogP contribution in [0.5, 0.6) is 17.2 Å². The molecule has 1 aliphatic rings. The molecule has 3 rings (SSSR count). The number of amides is 1. The summed E-state index contributed by atoms with van der Waals surface area (Å²) >= 11 is 0. The summed E-state index contributed by atoms with van der Waals surface area (Å²) < 4.78 is 21.0. The molecule has 2 aromatic rings. The largest absolute Gasteiger partial charge is 0.497 e. The van der Waals surface area contributed by atoms with E-state index in [4.69, 9.17) is 18.9 Å². The van der Waals surface area contributed by atoms with Crippen LogP contribution in [-0.4, -0.2) is 51.6 Å². The molecule has 8 heteroatoms. The average molecular weight is 399 g/mol. The molecule has 0 radical (unpaired) electrons. The molecule has 1 amide bonds. The van der Waals surface area contributed by atoms with Crippen molar-refractivity contribution in [1.29, 1.82) is 0 Å². The lowest BCUT2D eigenvalue weighted by molar-refractivity contribution is -0.141. The summed E-state index contributed by atoms with van der Waals surface area (Å²) in [4.78, 5) is 38.5. The number of ether oxygens (including phenoxy) is 4. The number of rotatable bonds is 7. The number of hydrogen-bond acceptors (Lipinski definition) is 7. The molecule has 2 aromatic carbocycles. The number of Topliss-reactive ketones (excluding diaryl/α,β-unsaturated/α-hetero) is 1. The smallest absolute Gasteiger partial charge is 0.326 e. The Hall–Kier alpha value is -3.55. The lowest BCUT2D eigenvalue weighted by Gasteiger charge is -2.20. The number of anilines is 1. The third kappa shape index (κ3) is 4.66. The lowest BCUT2D eigenvalue weighted by atomic mass is 10.1. The Balaban J connectivity index is 1.67. The minimum atomic E-state index is -0.703. The van der Waals surface area contributed by atoms with Crippen LogP contribution in [-0.2, 0) is 14.3 Å². The van der Waals surface area contributed by atoms with Crippen LogP contribution in [0.1, 0.15) is 16.8 Å². The number of methoxy groups -OCH3 is 2. The number of carbonyl (C=O) groups is 3. The number of hydrogen-bond donors (Lipinski definition) is 0. The van der Waals surface area contributed by atoms with Gasteiger partial charge in [-0.25, -0.2) is 0 Å². The Morgan fingerprint density at radius 1 is 1.10 bits per heavy atom. The van der Waals surface area contributed by atoms with E-state index in [2.05, 4.69) is 0 Å². The Morgan fingerprint density at radius 2 is 1.90 bits per heavy atom. The summed E-state index contributed by atoms with van der Waals surface area (Å²) in [5, 5.41) is 0. The van der Waals surface area contributed by atoms with E-state index in [0.717, 1.165) is 0 Å². The number of esters is 1. The van der Waals surface area contributed by atoms with E-state index < -0.39 is 18.4 Å². The molecule has 8 nitrogen and oxygen atoms in total. The lowest BCUT2D eigenvalue weighted by Crippen LogP contribution is -2.36. The van der Waals surface area contributed by atoms with Gasteiger partial charge in [0.05, 0.1) is 38.5 Å². The molecule has 0 bridgehead atoms. The number of benzene rings is 2. The Bertz CT molecular complexity index is 925. The molecule has 29 heavy (non-hydrogen) atoms. The van der Waals surface area contributed by atoms with Gasteiger partial charge >= 0.3 is 5.97 Å². The van der Waals surface area contributed by atoms with Gasteiger partial charge in [0, 0.05) is 0 Å². The maximum atomic E-state index is 12.5. The fourth-order valence-electron chi connectivity index (χ4n) is 2.92. The van der Waals surface area contributed by atoms with Crippen molar-refractivity contribution in [3.63, 3.8) is 0 Å². The van der Waals surface area contributed by atoms with E-state index in [9.17, 15) is 14.4 Å². The summed E-state index contributed by atoms with van der Waals surface area (Å²) in [6.45, 7) is -0.570. The van der Waals surface area contributed by atoms with Gasteiger partial charge < -0.3 is 18.9 Å². The van der Waals surface area contributed by atoms with E-state index in [-0.39, 0.29) is 31.0 Å². The standard InChI is InChI=1S/C21H21NO7/c1-26-14-7-8-18(27-2)15(11-14)17(23)13-29-21(25)12-22-16-5-3-4-6-19(16)28-10-9-20(22)24/h3-8,11H,9-10,12-13H2,1-2H3. The van der Waals surface area contributed by atoms with Crippen molar-refractivity contribution in [2.24, 2.45) is 0 Å². The van der Waals surface area contributed by atoms with Crippen molar-refractivity contribution < 1.29 is 33.3 Å². The van der Waals surface area contributed by atoms with Crippen LogP contribution < -0.4 is 19.1 Å². The van der Waals surface area contributed by atoms with Crippen LogP contribution in [0.25, 0.3) is 0 Å². The molecular formula is C21H21NO7. The molecular weight excluding hydrogens is 378 g/mol. The number of carbonyl (C=O) groups excluding carboxylic acids is 3. The first-order chi connectivity index (χ1) is 14.0. The fraction of sp³-hybridized carbons (Fsp3) is 0.286. The van der Waals surface area contributed by atoms with Crippen LogP contribution in [0.2, 0.25) is 0 Å². The zero-order valence-corrected chi connectivity index (χ0v) is 16.2. The second-order valence-electron chi connectivity index (χ2n) is 6.20. The zero-order valence-electron chi connectivity index (χ0n) is 16.2. The second-order valence-corrected chi connectivity index (χ2v) is 6.20. The summed E-state index contributed by atoms with van der Waals surface area (Å²) in [6, 6.07) is 11.7. The van der Waals surface area contributed by atoms with Gasteiger partial charge in [0.15, 0.2) is 6.61 Å². The number of para-hydroxylation sites is 2. The SMILES string of the molecule is COc1ccc(OC)c(C(=O)COC(=O)CN2C(=O)CCOc3ccccc32)c1. The minimum Gasteiger partial charge on any atom is -0.497 e. The van der Waals surface area contributed by atoms with E-state index >= 15 is 0 Å². The van der Waals surface area contributed by atoms with E-state index in [1.807, 2.05) is 0 Å². The topological polar surface area (TPSA) is 91.4 Å². The zero-order chi connectivity index (χ0) is 20.8. The third-order valence-corrected chi connectivity index (χ3v) is 4.39. The number of fused-ring (bicyclic) bond motifs is 1. The first kappa shape index (κ1) is 20.2. The molecule has 0 fully saturated rings. The quantitative estimate of drug-likeness (QED) is 0.521. The Kier molecular flexibility index (Phi) is 6.33. The van der Waals surface area contributed by atoms with Crippen LogP contribution in [0, 0.1) is 0 Å². The summed E-state index contributed by atoms with van der Waals surface area (Å²) in [6.07, 6.45) is 0.141. The molecule has 0 aliphatic carbocycles. The minimum absolute atomic E-state index is 0.141. The highest BCUT2D eigenvalue weighted by atomic mass is 16.5. The average Bonchev–Trinajstić information content (AvgIpc) is 2.90. The van der Waals surface area contributed by atoms with Crippen molar-refractivity contribution >= 4 is 23.3 Å². The highest BCUT2D eigenvalue weighted by Crippen LogP contribution is 2.31. The van der Waals surface area contributed by atoms with Crippen molar-refractivity contribution in [3.8, 4) is 17.2 Å². The number of nitrogens with zero attached hydrogens (tertiary/aromatic N) is 1. The second kappa shape index (κ2) is 9.09. The molecule has 1 heterocycles. The molecule has 0 saturated heterocycles. The molecule has 0 atom stereocenters. The van der Waals surface area contributed by atoms with Crippen LogP contribution >= 0.6 is 0 Å². The molecule has 0 aromatic heterocycles. The highest BCUT2D eigenvalue weighted by Gasteiger charge is 2.26. The van der Waals surface area contributed by atoms with Crippen LogP contribution in [0.3, 0.4) is 0 Å². The molecule has 0 spiro atoms. The van der Waals surface area contributed by atoms with Gasteiger partial charge in [-0.2, -0.15) is 0 Å². The van der Waals surface area contributed by atoms with E-state index in [0.29, 0.717) is 22.9 Å². The predicted molar refractivity (Wildman–Crippen MR) is 104 cm³/mol. The van der Waals surface area contributed by atoms with Crippen molar-refractivity contribution in [3.05, 3.63) is 48.0 Å². The Labute approximate surface area is 167 Å². The normalized spacial score (nSPS) is 13.0. The van der Waals surface area contributed by atoms with Crippen LogP contribution in [0.15, 0.2) is 42.5 Å². The number of ketones is 1. The summed E-state index contributed by atoms with van der Waals surface area (Å²) in [7, 11) is 2.92. The van der Waals surface area contributed by atoms with Crippen molar-refractivity contribution in [1.82, 2.24) is 0 Å². The third-order valence-electron chi connectivity index (χ3n) is 4.39. The van der Waals surface area contributed by atoms with Gasteiger partial charge in [-0.05, 0) is 30.3 Å². The van der Waals surface area contributed by atoms with E-state index in [1.165, 1.54) is 25.2 Å². The monoisotopic (exact) mass is 399 g/mol. The molecule has 0 unspecified atom stereocenters. The van der Waals surface area contributed by atoms with Gasteiger partial charge in [-0.15, -0.1) is 0 Å². The first-order valence-corrected chi connectivity index (χ1v) is 8.96. The van der Waals surface area contributed by atoms with Gasteiger partial charge in [0.2, 0.25) is 11.7 Å². The van der Waals surface area contributed by atoms with E-state index in [1.54, 1.807) is 36.4 Å². The van der Waals surface area contributed by atoms with Gasteiger partial charge in [0.1, 0.15) is 23.8 Å². The molecule has 0 saturated carbocycles. The highest BCUT2D eigenvalue weighted by molar-refractivity contribution is 6.02. The maximum absolute atomic E-state index is 12.5. The van der Waals surface area contributed by atoms with Gasteiger partial charge in [-0.3, -0.25) is 19.3 Å². The van der Waals surface area contributed by atoms with Crippen LogP contribution in [0.4, 0.5) is 5.69 Å². The van der Waals surface area contributed by atoms with Gasteiger partial charge in [0.25, 0.3) is 0 Å². The molecule has 152 valence electrons. The fourth-order valence-corrected chi connectivity index (χ4v) is 2.92. The maximum Gasteiger partial charge on any atom is 0.326 e. The molecule has 0 N–H and O–H groups in total. The first-order valence-electron chi connectivity index (χ1n) is 8.96.